The van der Waals surface area contributed by atoms with E-state index in [1.165, 1.54) is 11.6 Å². The van der Waals surface area contributed by atoms with Gasteiger partial charge >= 0.3 is 0 Å². The summed E-state index contributed by atoms with van der Waals surface area (Å²) in [7, 11) is 0. The molecule has 0 saturated carbocycles. The molecule has 0 unspecified atom stereocenters. The van der Waals surface area contributed by atoms with Crippen LogP contribution in [-0.4, -0.2) is 22.6 Å². The van der Waals surface area contributed by atoms with E-state index in [9.17, 15) is 4.79 Å². The number of carbonyl (C=O) groups is 1. The van der Waals surface area contributed by atoms with E-state index in [2.05, 4.69) is 34.7 Å². The van der Waals surface area contributed by atoms with E-state index in [1.807, 2.05) is 54.6 Å². The van der Waals surface area contributed by atoms with Gasteiger partial charge in [0.2, 0.25) is 0 Å². The molecule has 4 rings (SSSR count). The van der Waals surface area contributed by atoms with Crippen molar-refractivity contribution in [2.45, 2.75) is 19.6 Å². The molecule has 3 aromatic carbocycles. The summed E-state index contributed by atoms with van der Waals surface area (Å²) in [6.45, 7) is 2.12. The number of rotatable bonds is 10. The predicted molar refractivity (Wildman–Crippen MR) is 130 cm³/mol. The first-order chi connectivity index (χ1) is 16.2. The van der Waals surface area contributed by atoms with Gasteiger partial charge in [-0.25, -0.2) is 5.48 Å². The number of ether oxygens (including phenoxy) is 1. The normalized spacial score (nSPS) is 11.2. The fourth-order valence-electron chi connectivity index (χ4n) is 3.68. The Morgan fingerprint density at radius 1 is 0.970 bits per heavy atom. The summed E-state index contributed by atoms with van der Waals surface area (Å²) in [5.74, 6) is 0.345. The summed E-state index contributed by atoms with van der Waals surface area (Å²) in [5, 5.41) is 13.2. The van der Waals surface area contributed by atoms with Crippen LogP contribution in [0.25, 0.3) is 17.0 Å². The highest BCUT2D eigenvalue weighted by Crippen LogP contribution is 2.29. The predicted octanol–water partition coefficient (Wildman–Crippen LogP) is 4.60. The molecule has 0 aliphatic heterocycles. The fraction of sp³-hybridized carbons (Fsp3) is 0.148. The molecule has 0 saturated heterocycles. The fourth-order valence-corrected chi connectivity index (χ4v) is 3.68. The standard InChI is InChI=1S/C27H27N3O3/c31-26(30-32)14-13-20-9-11-21(12-10-20)17-28-16-15-23-18-29-24-7-4-8-25(27(23)24)33-19-22-5-2-1-3-6-22/h1-14,18,28-29,32H,15-17,19H2,(H,30,31)/b14-13+. The summed E-state index contributed by atoms with van der Waals surface area (Å²) in [6.07, 6.45) is 5.87. The van der Waals surface area contributed by atoms with Crippen molar-refractivity contribution in [3.05, 3.63) is 107 Å². The Kier molecular flexibility index (Phi) is 7.53. The van der Waals surface area contributed by atoms with Crippen molar-refractivity contribution in [1.82, 2.24) is 15.8 Å². The third-order valence-electron chi connectivity index (χ3n) is 5.40. The van der Waals surface area contributed by atoms with Crippen LogP contribution in [0, 0.1) is 0 Å². The van der Waals surface area contributed by atoms with Crippen LogP contribution in [0.5, 0.6) is 5.75 Å². The first-order valence-corrected chi connectivity index (χ1v) is 10.9. The highest BCUT2D eigenvalue weighted by Gasteiger charge is 2.10. The van der Waals surface area contributed by atoms with Crippen LogP contribution in [-0.2, 0) is 24.4 Å². The SMILES string of the molecule is O=C(/C=C/c1ccc(CNCCc2c[nH]c3cccc(OCc4ccccc4)c23)cc1)NO. The van der Waals surface area contributed by atoms with Gasteiger partial charge < -0.3 is 15.0 Å². The monoisotopic (exact) mass is 441 g/mol. The van der Waals surface area contributed by atoms with E-state index < -0.39 is 5.91 Å². The van der Waals surface area contributed by atoms with Crippen LogP contribution in [0.2, 0.25) is 0 Å². The zero-order valence-corrected chi connectivity index (χ0v) is 18.3. The lowest BCUT2D eigenvalue weighted by atomic mass is 10.1. The lowest BCUT2D eigenvalue weighted by Gasteiger charge is -2.10. The zero-order valence-electron chi connectivity index (χ0n) is 18.3. The van der Waals surface area contributed by atoms with Crippen LogP contribution in [0.4, 0.5) is 0 Å². The van der Waals surface area contributed by atoms with Gasteiger partial charge in [-0.05, 0) is 53.4 Å². The number of hydroxylamine groups is 1. The summed E-state index contributed by atoms with van der Waals surface area (Å²) in [6, 6.07) is 24.2. The highest BCUT2D eigenvalue weighted by atomic mass is 16.5. The summed E-state index contributed by atoms with van der Waals surface area (Å²) >= 11 is 0. The number of amides is 1. The molecule has 1 heterocycles. The van der Waals surface area contributed by atoms with Crippen LogP contribution in [0.3, 0.4) is 0 Å². The summed E-state index contributed by atoms with van der Waals surface area (Å²) < 4.78 is 6.15. The van der Waals surface area contributed by atoms with E-state index in [-0.39, 0.29) is 0 Å². The maximum atomic E-state index is 11.1. The topological polar surface area (TPSA) is 86.4 Å². The molecule has 0 spiro atoms. The average molecular weight is 442 g/mol. The molecule has 0 aliphatic rings. The Hall–Kier alpha value is -3.87. The number of nitrogens with one attached hydrogen (secondary N) is 3. The first kappa shape index (κ1) is 22.3. The zero-order chi connectivity index (χ0) is 22.9. The van der Waals surface area contributed by atoms with Gasteiger partial charge in [-0.2, -0.15) is 0 Å². The lowest BCUT2D eigenvalue weighted by molar-refractivity contribution is -0.124. The minimum Gasteiger partial charge on any atom is -0.488 e. The van der Waals surface area contributed by atoms with Gasteiger partial charge in [0.15, 0.2) is 0 Å². The maximum absolute atomic E-state index is 11.1. The number of H-pyrrole nitrogens is 1. The quantitative estimate of drug-likeness (QED) is 0.125. The molecular formula is C27H27N3O3. The third-order valence-corrected chi connectivity index (χ3v) is 5.40. The Morgan fingerprint density at radius 3 is 2.58 bits per heavy atom. The number of aromatic nitrogens is 1. The van der Waals surface area contributed by atoms with Crippen molar-refractivity contribution in [2.24, 2.45) is 0 Å². The smallest absolute Gasteiger partial charge is 0.267 e. The van der Waals surface area contributed by atoms with Gasteiger partial charge in [-0.3, -0.25) is 10.0 Å². The lowest BCUT2D eigenvalue weighted by Crippen LogP contribution is -2.16. The Labute approximate surface area is 192 Å². The van der Waals surface area contributed by atoms with Crippen molar-refractivity contribution in [2.75, 3.05) is 6.54 Å². The maximum Gasteiger partial charge on any atom is 0.267 e. The van der Waals surface area contributed by atoms with Gasteiger partial charge in [-0.15, -0.1) is 0 Å². The molecule has 4 aromatic rings. The molecule has 6 nitrogen and oxygen atoms in total. The number of aromatic amines is 1. The molecule has 0 bridgehead atoms. The first-order valence-electron chi connectivity index (χ1n) is 10.9. The van der Waals surface area contributed by atoms with E-state index in [1.54, 1.807) is 11.6 Å². The van der Waals surface area contributed by atoms with Gasteiger partial charge in [0.05, 0.1) is 0 Å². The largest absolute Gasteiger partial charge is 0.488 e. The second-order valence-corrected chi connectivity index (χ2v) is 7.74. The molecule has 168 valence electrons. The van der Waals surface area contributed by atoms with Crippen LogP contribution < -0.4 is 15.5 Å². The van der Waals surface area contributed by atoms with Crippen molar-refractivity contribution < 1.29 is 14.7 Å². The molecule has 4 N–H and O–H groups in total. The minimum atomic E-state index is -0.549. The Bertz CT molecular complexity index is 1210. The van der Waals surface area contributed by atoms with Gasteiger partial charge in [0, 0.05) is 29.7 Å². The van der Waals surface area contributed by atoms with Gasteiger partial charge in [-0.1, -0.05) is 60.7 Å². The number of benzene rings is 3. The minimum absolute atomic E-state index is 0.540. The van der Waals surface area contributed by atoms with Crippen LogP contribution in [0.1, 0.15) is 22.3 Å². The number of carbonyl (C=O) groups excluding carboxylic acids is 1. The number of hydrogen-bond donors (Lipinski definition) is 4. The molecule has 1 aromatic heterocycles. The third kappa shape index (κ3) is 6.10. The molecule has 33 heavy (non-hydrogen) atoms. The summed E-state index contributed by atoms with van der Waals surface area (Å²) in [5.41, 5.74) is 7.07. The van der Waals surface area contributed by atoms with Crippen molar-refractivity contribution in [3.63, 3.8) is 0 Å². The van der Waals surface area contributed by atoms with Crippen molar-refractivity contribution in [1.29, 1.82) is 0 Å². The van der Waals surface area contributed by atoms with Crippen LogP contribution >= 0.6 is 0 Å². The van der Waals surface area contributed by atoms with Crippen molar-refractivity contribution in [3.8, 4) is 5.75 Å². The number of fused-ring (bicyclic) bond motifs is 1. The molecule has 0 atom stereocenters. The average Bonchev–Trinajstić information content (AvgIpc) is 3.29. The Morgan fingerprint density at radius 2 is 1.79 bits per heavy atom. The molecule has 1 amide bonds. The van der Waals surface area contributed by atoms with E-state index in [0.717, 1.165) is 52.9 Å². The molecule has 0 radical (unpaired) electrons. The molecule has 0 fully saturated rings. The summed E-state index contributed by atoms with van der Waals surface area (Å²) in [4.78, 5) is 14.4. The van der Waals surface area contributed by atoms with E-state index in [4.69, 9.17) is 9.94 Å². The van der Waals surface area contributed by atoms with E-state index in [0.29, 0.717) is 6.61 Å². The molecule has 6 heteroatoms. The van der Waals surface area contributed by atoms with Gasteiger partial charge in [0.25, 0.3) is 5.91 Å². The highest BCUT2D eigenvalue weighted by molar-refractivity contribution is 5.91. The van der Waals surface area contributed by atoms with Crippen LogP contribution in [0.15, 0.2) is 85.1 Å². The molecule has 0 aliphatic carbocycles. The Balaban J connectivity index is 1.32. The second-order valence-electron chi connectivity index (χ2n) is 7.74. The van der Waals surface area contributed by atoms with E-state index >= 15 is 0 Å². The number of hydrogen-bond acceptors (Lipinski definition) is 4. The second kappa shape index (κ2) is 11.1. The van der Waals surface area contributed by atoms with Crippen molar-refractivity contribution >= 4 is 22.9 Å². The van der Waals surface area contributed by atoms with Gasteiger partial charge in [0.1, 0.15) is 12.4 Å². The molecular weight excluding hydrogens is 414 g/mol.